The predicted molar refractivity (Wildman–Crippen MR) is 155 cm³/mol. The van der Waals surface area contributed by atoms with Crippen LogP contribution >= 0.6 is 11.3 Å². The third-order valence-electron chi connectivity index (χ3n) is 6.57. The largest absolute Gasteiger partial charge is 0.437 e. The van der Waals surface area contributed by atoms with Crippen LogP contribution in [-0.2, 0) is 24.3 Å². The number of para-hydroxylation sites is 1. The van der Waals surface area contributed by atoms with Gasteiger partial charge in [0.1, 0.15) is 16.5 Å². The molecule has 3 heterocycles. The molecule has 0 unspecified atom stereocenters. The first kappa shape index (κ1) is 26.5. The Morgan fingerprint density at radius 2 is 1.69 bits per heavy atom. The minimum Gasteiger partial charge on any atom is -0.437 e. The van der Waals surface area contributed by atoms with Crippen molar-refractivity contribution in [3.8, 4) is 22.1 Å². The molecule has 3 aromatic heterocycles. The normalized spacial score (nSPS) is 11.9. The Bertz CT molecular complexity index is 1570. The second-order valence-electron chi connectivity index (χ2n) is 11.2. The van der Waals surface area contributed by atoms with Crippen molar-refractivity contribution in [1.82, 2.24) is 25.5 Å². The monoisotopic (exact) mass is 540 g/mol. The van der Waals surface area contributed by atoms with Crippen LogP contribution in [0.15, 0.2) is 72.9 Å². The average Bonchev–Trinajstić information content (AvgIpc) is 3.52. The molecule has 0 spiro atoms. The molecule has 0 saturated carbocycles. The van der Waals surface area contributed by atoms with E-state index in [0.717, 1.165) is 44.1 Å². The van der Waals surface area contributed by atoms with Crippen LogP contribution < -0.4 is 14.7 Å². The number of ether oxygens (including phenoxy) is 1. The topological polar surface area (TPSA) is 92.5 Å². The lowest BCUT2D eigenvalue weighted by molar-refractivity contribution is -0.738. The van der Waals surface area contributed by atoms with E-state index < -0.39 is 0 Å². The molecule has 39 heavy (non-hydrogen) atoms. The number of pyridine rings is 1. The van der Waals surface area contributed by atoms with Crippen LogP contribution in [-0.4, -0.2) is 25.5 Å². The van der Waals surface area contributed by atoms with Gasteiger partial charge in [0.25, 0.3) is 0 Å². The van der Waals surface area contributed by atoms with E-state index in [4.69, 9.17) is 9.72 Å². The number of anilines is 2. The van der Waals surface area contributed by atoms with Crippen molar-refractivity contribution in [1.29, 1.82) is 0 Å². The number of thiazole rings is 1. The van der Waals surface area contributed by atoms with Crippen molar-refractivity contribution in [3.63, 3.8) is 0 Å². The number of H-pyrrole nitrogens is 1. The zero-order chi connectivity index (χ0) is 27.6. The Kier molecular flexibility index (Phi) is 7.18. The number of aromatic amines is 1. The Morgan fingerprint density at radius 1 is 0.949 bits per heavy atom. The van der Waals surface area contributed by atoms with Gasteiger partial charge in [0.2, 0.25) is 5.88 Å². The molecule has 2 aromatic carbocycles. The van der Waals surface area contributed by atoms with Crippen molar-refractivity contribution in [2.24, 2.45) is 7.05 Å². The number of hydrogen-bond acceptors (Lipinski definition) is 7. The maximum Gasteiger partial charge on any atom is 0.301 e. The molecule has 0 fully saturated rings. The van der Waals surface area contributed by atoms with E-state index in [1.807, 2.05) is 48.1 Å². The minimum absolute atomic E-state index is 0.0696. The maximum absolute atomic E-state index is 6.39. The van der Waals surface area contributed by atoms with Gasteiger partial charge < -0.3 is 10.1 Å². The number of nitrogens with zero attached hydrogens (tertiary/aromatic N) is 5. The van der Waals surface area contributed by atoms with E-state index in [1.165, 1.54) is 0 Å². The fraction of sp³-hybridized carbons (Fsp3) is 0.300. The van der Waals surface area contributed by atoms with Crippen molar-refractivity contribution >= 4 is 22.2 Å². The molecular weight excluding hydrogens is 506 g/mol. The summed E-state index contributed by atoms with van der Waals surface area (Å²) >= 11 is 1.62. The molecule has 0 bridgehead atoms. The van der Waals surface area contributed by atoms with Gasteiger partial charge in [0.15, 0.2) is 10.3 Å². The average molecular weight is 541 g/mol. The second kappa shape index (κ2) is 10.6. The van der Waals surface area contributed by atoms with Gasteiger partial charge >= 0.3 is 5.82 Å². The molecule has 5 aromatic rings. The molecule has 8 nitrogen and oxygen atoms in total. The molecule has 5 rings (SSSR count). The van der Waals surface area contributed by atoms with Crippen LogP contribution in [0.25, 0.3) is 10.4 Å². The number of tetrazole rings is 1. The summed E-state index contributed by atoms with van der Waals surface area (Å²) in [5.41, 5.74) is 3.61. The van der Waals surface area contributed by atoms with Gasteiger partial charge in [-0.3, -0.25) is 0 Å². The maximum atomic E-state index is 6.39. The number of aromatic nitrogens is 6. The summed E-state index contributed by atoms with van der Waals surface area (Å²) in [6.45, 7) is 10.9. The summed E-state index contributed by atoms with van der Waals surface area (Å²) in [7, 11) is 1.92. The first-order valence-corrected chi connectivity index (χ1v) is 13.8. The SMILES string of the molecule is C[n+]1[nH]nnc1CC(C)(C)c1nc(Nc2cccnc2Oc2ccccc2C(C)(C)C)sc1-c1ccccc1. The molecule has 0 atom stereocenters. The molecular formula is C30H34N7OS+. The van der Waals surface area contributed by atoms with Crippen LogP contribution in [0.5, 0.6) is 11.6 Å². The molecule has 0 aliphatic carbocycles. The summed E-state index contributed by atoms with van der Waals surface area (Å²) in [6.07, 6.45) is 2.41. The van der Waals surface area contributed by atoms with Crippen molar-refractivity contribution in [2.45, 2.75) is 51.9 Å². The highest BCUT2D eigenvalue weighted by atomic mass is 32.1. The highest BCUT2D eigenvalue weighted by Crippen LogP contribution is 2.42. The molecule has 0 saturated heterocycles. The van der Waals surface area contributed by atoms with Crippen molar-refractivity contribution in [2.75, 3.05) is 5.32 Å². The predicted octanol–water partition coefficient (Wildman–Crippen LogP) is 6.50. The van der Waals surface area contributed by atoms with Gasteiger partial charge in [0, 0.05) is 17.2 Å². The lowest BCUT2D eigenvalue weighted by Crippen LogP contribution is -2.38. The number of rotatable bonds is 8. The zero-order valence-corrected chi connectivity index (χ0v) is 24.0. The van der Waals surface area contributed by atoms with E-state index in [9.17, 15) is 0 Å². The fourth-order valence-corrected chi connectivity index (χ4v) is 5.65. The second-order valence-corrected chi connectivity index (χ2v) is 12.2. The van der Waals surface area contributed by atoms with E-state index in [2.05, 4.69) is 90.8 Å². The van der Waals surface area contributed by atoms with Gasteiger partial charge in [-0.1, -0.05) is 99.7 Å². The summed E-state index contributed by atoms with van der Waals surface area (Å²) in [5, 5.41) is 15.4. The molecule has 200 valence electrons. The Balaban J connectivity index is 1.51. The van der Waals surface area contributed by atoms with Crippen LogP contribution in [0.2, 0.25) is 0 Å². The van der Waals surface area contributed by atoms with Crippen LogP contribution in [0.4, 0.5) is 10.8 Å². The third kappa shape index (κ3) is 5.83. The Morgan fingerprint density at radius 3 is 2.41 bits per heavy atom. The Hall–Kier alpha value is -4.11. The van der Waals surface area contributed by atoms with Gasteiger partial charge in [-0.05, 0) is 29.2 Å². The molecule has 0 aliphatic heterocycles. The number of nitrogens with one attached hydrogen (secondary N) is 2. The molecule has 0 amide bonds. The molecule has 2 N–H and O–H groups in total. The third-order valence-corrected chi connectivity index (χ3v) is 7.59. The van der Waals surface area contributed by atoms with Crippen molar-refractivity contribution in [3.05, 3.63) is 90.0 Å². The summed E-state index contributed by atoms with van der Waals surface area (Å²) in [4.78, 5) is 10.8. The molecule has 0 aliphatic rings. The number of benzene rings is 2. The van der Waals surface area contributed by atoms with Crippen molar-refractivity contribution < 1.29 is 9.42 Å². The number of aryl methyl sites for hydroxylation is 1. The highest BCUT2D eigenvalue weighted by molar-refractivity contribution is 7.19. The standard InChI is InChI=1S/C30H33N7OS/c1-29(2,3)21-15-10-11-17-23(21)38-27-22(16-12-18-31-27)32-28-33-26(25(39-28)20-13-8-7-9-14-20)30(4,5)19-24-34-35-36-37(24)6/h7-18H,19H2,1-6H3,(H,32,33)/p+1. The lowest BCUT2D eigenvalue weighted by atomic mass is 9.83. The van der Waals surface area contributed by atoms with Gasteiger partial charge in [0.05, 0.1) is 24.0 Å². The first-order chi connectivity index (χ1) is 18.6. The van der Waals surface area contributed by atoms with Crippen LogP contribution in [0, 0.1) is 0 Å². The zero-order valence-electron chi connectivity index (χ0n) is 23.2. The van der Waals surface area contributed by atoms with E-state index in [-0.39, 0.29) is 10.8 Å². The van der Waals surface area contributed by atoms with E-state index in [1.54, 1.807) is 17.5 Å². The van der Waals surface area contributed by atoms with Crippen LogP contribution in [0.1, 0.15) is 51.7 Å². The van der Waals surface area contributed by atoms with E-state index >= 15 is 0 Å². The summed E-state index contributed by atoms with van der Waals surface area (Å²) < 4.78 is 8.23. The Labute approximate surface area is 233 Å². The van der Waals surface area contributed by atoms with Crippen LogP contribution in [0.3, 0.4) is 0 Å². The summed E-state index contributed by atoms with van der Waals surface area (Å²) in [5.74, 6) is 2.15. The fourth-order valence-electron chi connectivity index (χ4n) is 4.48. The van der Waals surface area contributed by atoms with Gasteiger partial charge in [-0.2, -0.15) is 4.68 Å². The minimum atomic E-state index is -0.309. The highest BCUT2D eigenvalue weighted by Gasteiger charge is 2.33. The quantitative estimate of drug-likeness (QED) is 0.218. The molecule has 0 radical (unpaired) electrons. The molecule has 9 heteroatoms. The smallest absolute Gasteiger partial charge is 0.301 e. The van der Waals surface area contributed by atoms with Gasteiger partial charge in [-0.25, -0.2) is 9.97 Å². The number of hydrogen-bond donors (Lipinski definition) is 2. The first-order valence-electron chi connectivity index (χ1n) is 12.9. The summed E-state index contributed by atoms with van der Waals surface area (Å²) in [6, 6.07) is 22.3. The van der Waals surface area contributed by atoms with E-state index in [0.29, 0.717) is 12.3 Å². The lowest BCUT2D eigenvalue weighted by Gasteiger charge is -2.22. The van der Waals surface area contributed by atoms with Gasteiger partial charge in [-0.15, -0.1) is 0 Å².